The zero-order chi connectivity index (χ0) is 15.2. The van der Waals surface area contributed by atoms with Gasteiger partial charge in [0.25, 0.3) is 0 Å². The lowest BCUT2D eigenvalue weighted by Gasteiger charge is -2.18. The molecule has 112 valence electrons. The monoisotopic (exact) mass is 369 g/mol. The smallest absolute Gasteiger partial charge is 0.137 e. The van der Waals surface area contributed by atoms with Crippen molar-refractivity contribution >= 4 is 27.5 Å². The highest BCUT2D eigenvalue weighted by Crippen LogP contribution is 2.19. The number of hydrogen-bond acceptors (Lipinski definition) is 1. The summed E-state index contributed by atoms with van der Waals surface area (Å²) in [7, 11) is 0. The van der Waals surface area contributed by atoms with Crippen LogP contribution in [-0.2, 0) is 12.8 Å². The van der Waals surface area contributed by atoms with Crippen LogP contribution in [0.1, 0.15) is 18.1 Å². The van der Waals surface area contributed by atoms with Crippen molar-refractivity contribution in [3.8, 4) is 0 Å². The summed E-state index contributed by atoms with van der Waals surface area (Å²) in [5.74, 6) is -0.226. The molecule has 2 aromatic carbocycles. The van der Waals surface area contributed by atoms with E-state index in [2.05, 4.69) is 28.2 Å². The summed E-state index contributed by atoms with van der Waals surface area (Å²) in [5, 5.41) is 4.24. The van der Waals surface area contributed by atoms with Crippen LogP contribution in [-0.4, -0.2) is 12.6 Å². The van der Waals surface area contributed by atoms with Crippen molar-refractivity contribution < 1.29 is 4.39 Å². The Morgan fingerprint density at radius 2 is 1.71 bits per heavy atom. The van der Waals surface area contributed by atoms with Gasteiger partial charge in [-0.3, -0.25) is 0 Å². The first-order valence-electron chi connectivity index (χ1n) is 7.00. The maximum atomic E-state index is 13.3. The zero-order valence-corrected chi connectivity index (χ0v) is 14.2. The van der Waals surface area contributed by atoms with E-state index < -0.39 is 0 Å². The summed E-state index contributed by atoms with van der Waals surface area (Å²) in [6.07, 6.45) is 1.77. The van der Waals surface area contributed by atoms with Gasteiger partial charge in [-0.1, -0.05) is 36.7 Å². The maximum Gasteiger partial charge on any atom is 0.137 e. The summed E-state index contributed by atoms with van der Waals surface area (Å²) in [5.41, 5.74) is 2.36. The minimum atomic E-state index is -0.226. The predicted molar refractivity (Wildman–Crippen MR) is 90.4 cm³/mol. The molecule has 0 aliphatic carbocycles. The van der Waals surface area contributed by atoms with E-state index >= 15 is 0 Å². The third kappa shape index (κ3) is 5.10. The summed E-state index contributed by atoms with van der Waals surface area (Å²) in [4.78, 5) is 0. The first-order chi connectivity index (χ1) is 10.1. The molecule has 2 aromatic rings. The Hall–Kier alpha value is -0.900. The van der Waals surface area contributed by atoms with E-state index in [4.69, 9.17) is 11.6 Å². The molecule has 1 atom stereocenters. The van der Waals surface area contributed by atoms with Crippen molar-refractivity contribution in [1.82, 2.24) is 5.32 Å². The molecule has 0 fully saturated rings. The van der Waals surface area contributed by atoms with Crippen LogP contribution in [0.15, 0.2) is 46.9 Å². The summed E-state index contributed by atoms with van der Waals surface area (Å²) >= 11 is 9.15. The second-order valence-electron chi connectivity index (χ2n) is 5.04. The molecule has 0 saturated carbocycles. The average molecular weight is 371 g/mol. The van der Waals surface area contributed by atoms with Gasteiger partial charge in [0.1, 0.15) is 5.82 Å². The van der Waals surface area contributed by atoms with E-state index in [1.165, 1.54) is 11.6 Å². The maximum absolute atomic E-state index is 13.3. The molecule has 0 amide bonds. The highest BCUT2D eigenvalue weighted by atomic mass is 79.9. The summed E-state index contributed by atoms with van der Waals surface area (Å²) < 4.78 is 13.8. The van der Waals surface area contributed by atoms with E-state index in [1.807, 2.05) is 36.4 Å². The fourth-order valence-electron chi connectivity index (χ4n) is 2.36. The molecule has 0 radical (unpaired) electrons. The third-order valence-electron chi connectivity index (χ3n) is 3.35. The van der Waals surface area contributed by atoms with Gasteiger partial charge >= 0.3 is 0 Å². The summed E-state index contributed by atoms with van der Waals surface area (Å²) in [6, 6.07) is 13.4. The van der Waals surface area contributed by atoms with Crippen molar-refractivity contribution in [2.45, 2.75) is 25.8 Å². The first-order valence-corrected chi connectivity index (χ1v) is 8.17. The van der Waals surface area contributed by atoms with Gasteiger partial charge < -0.3 is 5.32 Å². The molecule has 1 nitrogen and oxygen atoms in total. The molecule has 2 rings (SSSR count). The molecule has 1 unspecified atom stereocenters. The molecule has 0 aromatic heterocycles. The van der Waals surface area contributed by atoms with Crippen LogP contribution in [0, 0.1) is 5.82 Å². The highest BCUT2D eigenvalue weighted by molar-refractivity contribution is 9.10. The van der Waals surface area contributed by atoms with Crippen LogP contribution in [0.25, 0.3) is 0 Å². The molecule has 4 heteroatoms. The van der Waals surface area contributed by atoms with Gasteiger partial charge in [-0.05, 0) is 70.7 Å². The lowest BCUT2D eigenvalue weighted by molar-refractivity contribution is 0.520. The minimum absolute atomic E-state index is 0.226. The van der Waals surface area contributed by atoms with Crippen LogP contribution in [0.2, 0.25) is 5.02 Å². The van der Waals surface area contributed by atoms with Gasteiger partial charge in [-0.15, -0.1) is 0 Å². The molecule has 0 aliphatic rings. The van der Waals surface area contributed by atoms with E-state index in [9.17, 15) is 4.39 Å². The molecule has 0 saturated heterocycles. The van der Waals surface area contributed by atoms with Gasteiger partial charge in [0.2, 0.25) is 0 Å². The molecule has 0 heterocycles. The van der Waals surface area contributed by atoms with E-state index in [0.717, 1.165) is 30.0 Å². The fraction of sp³-hybridized carbons (Fsp3) is 0.294. The van der Waals surface area contributed by atoms with Crippen LogP contribution in [0.3, 0.4) is 0 Å². The normalized spacial score (nSPS) is 12.4. The topological polar surface area (TPSA) is 12.0 Å². The third-order valence-corrected chi connectivity index (χ3v) is 4.21. The van der Waals surface area contributed by atoms with Gasteiger partial charge in [-0.2, -0.15) is 0 Å². The van der Waals surface area contributed by atoms with Crippen LogP contribution < -0.4 is 5.32 Å². The largest absolute Gasteiger partial charge is 0.314 e. The predicted octanol–water partition coefficient (Wildman–Crippen LogP) is 5.00. The van der Waals surface area contributed by atoms with Gasteiger partial charge in [-0.25, -0.2) is 4.39 Å². The Labute approximate surface area is 138 Å². The van der Waals surface area contributed by atoms with Crippen molar-refractivity contribution in [2.24, 2.45) is 0 Å². The lowest BCUT2D eigenvalue weighted by Crippen LogP contribution is -2.33. The second kappa shape index (κ2) is 7.92. The van der Waals surface area contributed by atoms with Gasteiger partial charge in [0.15, 0.2) is 0 Å². The Morgan fingerprint density at radius 1 is 1.10 bits per heavy atom. The van der Waals surface area contributed by atoms with Crippen LogP contribution >= 0.6 is 27.5 Å². The van der Waals surface area contributed by atoms with E-state index in [0.29, 0.717) is 10.5 Å². The Kier molecular flexibility index (Phi) is 6.22. The van der Waals surface area contributed by atoms with Crippen molar-refractivity contribution in [2.75, 3.05) is 6.54 Å². The summed E-state index contributed by atoms with van der Waals surface area (Å²) in [6.45, 7) is 3.00. The number of nitrogens with one attached hydrogen (secondary N) is 1. The SMILES string of the molecule is CCNC(Cc1ccc(Cl)cc1)Cc1ccc(F)c(Br)c1. The highest BCUT2D eigenvalue weighted by Gasteiger charge is 2.11. The van der Waals surface area contributed by atoms with Crippen molar-refractivity contribution in [3.63, 3.8) is 0 Å². The number of hydrogen-bond donors (Lipinski definition) is 1. The molecular formula is C17H18BrClFN. The van der Waals surface area contributed by atoms with Gasteiger partial charge in [0.05, 0.1) is 4.47 Å². The first kappa shape index (κ1) is 16.5. The molecule has 1 N–H and O–H groups in total. The number of halogens is 3. The Balaban J connectivity index is 2.07. The molecule has 21 heavy (non-hydrogen) atoms. The van der Waals surface area contributed by atoms with E-state index in [-0.39, 0.29) is 5.82 Å². The number of rotatable bonds is 6. The Bertz CT molecular complexity index is 586. The minimum Gasteiger partial charge on any atom is -0.314 e. The average Bonchev–Trinajstić information content (AvgIpc) is 2.46. The molecule has 0 spiro atoms. The van der Waals surface area contributed by atoms with Crippen LogP contribution in [0.4, 0.5) is 4.39 Å². The second-order valence-corrected chi connectivity index (χ2v) is 6.33. The fourth-order valence-corrected chi connectivity index (χ4v) is 2.91. The molecular weight excluding hydrogens is 353 g/mol. The molecule has 0 bridgehead atoms. The number of likely N-dealkylation sites (N-methyl/N-ethyl adjacent to an activating group) is 1. The standard InChI is InChI=1S/C17H18BrClFN/c1-2-21-15(9-12-3-6-14(19)7-4-12)10-13-5-8-17(20)16(18)11-13/h3-8,11,15,21H,2,9-10H2,1H3. The molecule has 0 aliphatic heterocycles. The van der Waals surface area contributed by atoms with Crippen molar-refractivity contribution in [3.05, 3.63) is 68.9 Å². The Morgan fingerprint density at radius 3 is 2.33 bits per heavy atom. The zero-order valence-electron chi connectivity index (χ0n) is 11.9. The lowest BCUT2D eigenvalue weighted by atomic mass is 9.99. The quantitative estimate of drug-likeness (QED) is 0.754. The number of benzene rings is 2. The van der Waals surface area contributed by atoms with Crippen LogP contribution in [0.5, 0.6) is 0 Å². The van der Waals surface area contributed by atoms with E-state index in [1.54, 1.807) is 0 Å². The van der Waals surface area contributed by atoms with Crippen molar-refractivity contribution in [1.29, 1.82) is 0 Å². The van der Waals surface area contributed by atoms with Gasteiger partial charge in [0, 0.05) is 11.1 Å².